The van der Waals surface area contributed by atoms with E-state index in [1.54, 1.807) is 6.92 Å². The first-order chi connectivity index (χ1) is 11.5. The normalized spacial score (nSPS) is 47.4. The van der Waals surface area contributed by atoms with Gasteiger partial charge in [-0.2, -0.15) is 0 Å². The number of fused-ring (bicyclic) bond motifs is 5. The minimum Gasteiger partial charge on any atom is -0.462 e. The second kappa shape index (κ2) is 5.18. The van der Waals surface area contributed by atoms with Gasteiger partial charge in [0.25, 0.3) is 0 Å². The molecule has 0 aromatic heterocycles. The molecule has 1 spiro atoms. The van der Waals surface area contributed by atoms with Crippen molar-refractivity contribution in [3.05, 3.63) is 0 Å². The Hall–Kier alpha value is -0.690. The van der Waals surface area contributed by atoms with Crippen molar-refractivity contribution in [1.82, 2.24) is 0 Å². The molecule has 6 heteroatoms. The lowest BCUT2D eigenvalue weighted by Crippen LogP contribution is -2.64. The van der Waals surface area contributed by atoms with E-state index < -0.39 is 17.0 Å². The van der Waals surface area contributed by atoms with E-state index in [9.17, 15) is 9.90 Å². The third kappa shape index (κ3) is 2.27. The Bertz CT molecular complexity index is 573. The number of aliphatic hydroxyl groups is 1. The molecule has 0 amide bonds. The van der Waals surface area contributed by atoms with Crippen LogP contribution in [0.2, 0.25) is 0 Å². The van der Waals surface area contributed by atoms with Gasteiger partial charge in [0.05, 0.1) is 18.6 Å². The van der Waals surface area contributed by atoms with Crippen LogP contribution in [-0.2, 0) is 23.7 Å². The van der Waals surface area contributed by atoms with E-state index in [1.165, 1.54) is 0 Å². The minimum atomic E-state index is -1.26. The van der Waals surface area contributed by atoms with Gasteiger partial charge >= 0.3 is 5.97 Å². The molecule has 2 saturated carbocycles. The van der Waals surface area contributed by atoms with Gasteiger partial charge in [0, 0.05) is 23.7 Å². The highest BCUT2D eigenvalue weighted by Gasteiger charge is 2.80. The van der Waals surface area contributed by atoms with Gasteiger partial charge in [-0.3, -0.25) is 4.79 Å². The highest BCUT2D eigenvalue weighted by Crippen LogP contribution is 2.74. The van der Waals surface area contributed by atoms with E-state index in [0.29, 0.717) is 19.1 Å². The van der Waals surface area contributed by atoms with Crippen LogP contribution in [0.3, 0.4) is 0 Å². The van der Waals surface area contributed by atoms with Gasteiger partial charge in [0.15, 0.2) is 11.6 Å². The average Bonchev–Trinajstić information content (AvgIpc) is 3.11. The molecule has 0 aromatic carbocycles. The number of hydrogen-bond donors (Lipinski definition) is 1. The summed E-state index contributed by atoms with van der Waals surface area (Å²) < 4.78 is 23.5. The highest BCUT2D eigenvalue weighted by atomic mass is 16.7. The molecule has 2 aliphatic carbocycles. The van der Waals surface area contributed by atoms with Crippen LogP contribution in [0, 0.1) is 28.6 Å². The topological polar surface area (TPSA) is 74.2 Å². The Morgan fingerprint density at radius 2 is 1.88 bits per heavy atom. The van der Waals surface area contributed by atoms with Crippen LogP contribution in [0.1, 0.15) is 47.5 Å². The molecule has 0 aromatic rings. The van der Waals surface area contributed by atoms with Crippen molar-refractivity contribution >= 4 is 5.97 Å². The quantitative estimate of drug-likeness (QED) is 0.766. The number of esters is 1. The summed E-state index contributed by atoms with van der Waals surface area (Å²) in [5.41, 5.74) is -0.780. The molecule has 142 valence electrons. The summed E-state index contributed by atoms with van der Waals surface area (Å²) in [5, 5.41) is 11.0. The Labute approximate surface area is 149 Å². The van der Waals surface area contributed by atoms with Gasteiger partial charge in [-0.05, 0) is 40.0 Å². The maximum absolute atomic E-state index is 12.1. The average molecular weight is 354 g/mol. The number of carbonyl (C=O) groups is 1. The molecule has 25 heavy (non-hydrogen) atoms. The lowest BCUT2D eigenvalue weighted by Gasteiger charge is -2.59. The van der Waals surface area contributed by atoms with Crippen molar-refractivity contribution < 1.29 is 28.8 Å². The molecule has 6 atom stereocenters. The highest BCUT2D eigenvalue weighted by molar-refractivity contribution is 5.75. The summed E-state index contributed by atoms with van der Waals surface area (Å²) in [6.45, 7) is 10.8. The van der Waals surface area contributed by atoms with Gasteiger partial charge in [-0.15, -0.1) is 0 Å². The predicted molar refractivity (Wildman–Crippen MR) is 88.4 cm³/mol. The molecule has 0 radical (unpaired) electrons. The minimum absolute atomic E-state index is 0.0797. The molecule has 1 unspecified atom stereocenters. The van der Waals surface area contributed by atoms with E-state index >= 15 is 0 Å². The summed E-state index contributed by atoms with van der Waals surface area (Å²) in [4.78, 5) is 12.1. The van der Waals surface area contributed by atoms with Crippen LogP contribution >= 0.6 is 0 Å². The largest absolute Gasteiger partial charge is 0.462 e. The summed E-state index contributed by atoms with van der Waals surface area (Å²) in [6, 6.07) is 0. The fraction of sp³-hybridized carbons (Fsp3) is 0.947. The zero-order valence-electron chi connectivity index (χ0n) is 15.8. The second-order valence-electron chi connectivity index (χ2n) is 9.53. The lowest BCUT2D eigenvalue weighted by molar-refractivity contribution is -0.285. The van der Waals surface area contributed by atoms with Crippen molar-refractivity contribution in [1.29, 1.82) is 0 Å². The third-order valence-corrected chi connectivity index (χ3v) is 6.98. The van der Waals surface area contributed by atoms with E-state index in [4.69, 9.17) is 18.9 Å². The van der Waals surface area contributed by atoms with E-state index in [-0.39, 0.29) is 35.9 Å². The summed E-state index contributed by atoms with van der Waals surface area (Å²) >= 11 is 0. The van der Waals surface area contributed by atoms with Gasteiger partial charge in [-0.25, -0.2) is 0 Å². The Balaban J connectivity index is 1.55. The maximum Gasteiger partial charge on any atom is 0.311 e. The number of ether oxygens (including phenoxy) is 4. The van der Waals surface area contributed by atoms with E-state index in [2.05, 4.69) is 6.92 Å². The van der Waals surface area contributed by atoms with Crippen LogP contribution in [0.15, 0.2) is 0 Å². The molecule has 2 heterocycles. The number of hydrogen-bond acceptors (Lipinski definition) is 6. The molecule has 6 nitrogen and oxygen atoms in total. The smallest absolute Gasteiger partial charge is 0.311 e. The molecule has 4 rings (SSSR count). The van der Waals surface area contributed by atoms with E-state index in [1.807, 2.05) is 20.8 Å². The molecule has 2 saturated heterocycles. The van der Waals surface area contributed by atoms with Crippen molar-refractivity contribution in [2.45, 2.75) is 65.1 Å². The third-order valence-electron chi connectivity index (χ3n) is 6.98. The summed E-state index contributed by atoms with van der Waals surface area (Å²) in [7, 11) is 0. The van der Waals surface area contributed by atoms with Crippen LogP contribution < -0.4 is 0 Å². The van der Waals surface area contributed by atoms with E-state index in [0.717, 1.165) is 12.8 Å². The van der Waals surface area contributed by atoms with Gasteiger partial charge in [0.2, 0.25) is 0 Å². The van der Waals surface area contributed by atoms with Crippen molar-refractivity contribution in [2.75, 3.05) is 19.8 Å². The molecule has 4 aliphatic rings. The molecular weight excluding hydrogens is 324 g/mol. The summed E-state index contributed by atoms with van der Waals surface area (Å²) in [6.07, 6.45) is 1.54. The van der Waals surface area contributed by atoms with Crippen LogP contribution in [0.25, 0.3) is 0 Å². The van der Waals surface area contributed by atoms with Gasteiger partial charge in [-0.1, -0.05) is 6.92 Å². The first-order valence-electron chi connectivity index (χ1n) is 9.38. The van der Waals surface area contributed by atoms with Crippen LogP contribution in [-0.4, -0.2) is 48.6 Å². The van der Waals surface area contributed by atoms with Crippen molar-refractivity contribution in [2.24, 2.45) is 28.6 Å². The first kappa shape index (κ1) is 17.7. The van der Waals surface area contributed by atoms with Gasteiger partial charge < -0.3 is 24.1 Å². The zero-order valence-corrected chi connectivity index (χ0v) is 15.8. The molecular formula is C19H30O6. The zero-order chi connectivity index (χ0) is 18.3. The Morgan fingerprint density at radius 1 is 1.24 bits per heavy atom. The standard InChI is InChI=1S/C19H30O6/c1-16(2,3)15(20)22-10-12-17(4)11-6-7-19(23-8-9-24-19)13(11)14(17)18(5,21)25-12/h11-14,21H,6-10H2,1-5H3/t11-,12+,13+,14-,17-,18?/m1/s1. The Morgan fingerprint density at radius 3 is 2.48 bits per heavy atom. The number of carbonyl (C=O) groups excluding carboxylic acids is 1. The fourth-order valence-corrected chi connectivity index (χ4v) is 5.92. The van der Waals surface area contributed by atoms with Crippen molar-refractivity contribution in [3.63, 3.8) is 0 Å². The maximum atomic E-state index is 12.1. The van der Waals surface area contributed by atoms with Crippen molar-refractivity contribution in [3.8, 4) is 0 Å². The molecule has 2 aliphatic heterocycles. The predicted octanol–water partition coefficient (Wildman–Crippen LogP) is 2.09. The number of rotatable bonds is 2. The SMILES string of the molecule is CC(C)(C)C(=O)OC[C@@H]1OC(C)(O)[C@@H]2[C@@H]3[C@@H](CCC34OCCO4)[C@]12C. The van der Waals surface area contributed by atoms with Crippen LogP contribution in [0.5, 0.6) is 0 Å². The monoisotopic (exact) mass is 354 g/mol. The first-order valence-corrected chi connectivity index (χ1v) is 9.38. The second-order valence-corrected chi connectivity index (χ2v) is 9.53. The molecule has 1 N–H and O–H groups in total. The fourth-order valence-electron chi connectivity index (χ4n) is 5.92. The summed E-state index contributed by atoms with van der Waals surface area (Å²) in [5.74, 6) is -1.66. The molecule has 4 fully saturated rings. The lowest BCUT2D eigenvalue weighted by atomic mass is 9.45. The molecule has 0 bridgehead atoms. The Kier molecular flexibility index (Phi) is 3.67. The van der Waals surface area contributed by atoms with Crippen LogP contribution in [0.4, 0.5) is 0 Å². The van der Waals surface area contributed by atoms with Gasteiger partial charge in [0.1, 0.15) is 12.7 Å².